The minimum Gasteiger partial charge on any atom is -0.326 e. The lowest BCUT2D eigenvalue weighted by Gasteiger charge is -2.08. The van der Waals surface area contributed by atoms with E-state index in [1.54, 1.807) is 28.7 Å². The molecule has 0 aliphatic carbocycles. The third kappa shape index (κ3) is 3.12. The van der Waals surface area contributed by atoms with E-state index in [0.29, 0.717) is 23.5 Å². The zero-order valence-corrected chi connectivity index (χ0v) is 13.5. The first-order valence-electron chi connectivity index (χ1n) is 7.73. The number of hydrogen-bond acceptors (Lipinski definition) is 3. The van der Waals surface area contributed by atoms with Gasteiger partial charge in [-0.3, -0.25) is 14.0 Å². The molecule has 0 unspecified atom stereocenters. The van der Waals surface area contributed by atoms with Crippen LogP contribution in [0.25, 0.3) is 5.65 Å². The van der Waals surface area contributed by atoms with Crippen LogP contribution in [-0.2, 0) is 11.2 Å². The average molecular weight is 322 g/mol. The number of fused-ring (bicyclic) bond motifs is 1. The molecule has 0 radical (unpaired) electrons. The Morgan fingerprint density at radius 1 is 1.04 bits per heavy atom. The van der Waals surface area contributed by atoms with Crippen molar-refractivity contribution >= 4 is 28.8 Å². The Morgan fingerprint density at radius 2 is 1.71 bits per heavy atom. The topological polar surface area (TPSA) is 75.5 Å². The van der Waals surface area contributed by atoms with Crippen molar-refractivity contribution in [1.29, 1.82) is 0 Å². The van der Waals surface area contributed by atoms with Crippen molar-refractivity contribution in [1.82, 2.24) is 9.38 Å². The number of anilines is 2. The highest BCUT2D eigenvalue weighted by molar-refractivity contribution is 6.04. The summed E-state index contributed by atoms with van der Waals surface area (Å²) in [6.45, 7) is 3.42. The van der Waals surface area contributed by atoms with Crippen molar-refractivity contribution in [2.45, 2.75) is 20.3 Å². The smallest absolute Gasteiger partial charge is 0.274 e. The van der Waals surface area contributed by atoms with Crippen molar-refractivity contribution in [2.75, 3.05) is 10.6 Å². The van der Waals surface area contributed by atoms with Crippen LogP contribution in [0.3, 0.4) is 0 Å². The second-order valence-electron chi connectivity index (χ2n) is 5.40. The molecule has 0 saturated heterocycles. The third-order valence-corrected chi connectivity index (χ3v) is 3.62. The molecule has 0 atom stereocenters. The van der Waals surface area contributed by atoms with E-state index in [1.807, 2.05) is 31.3 Å². The molecule has 1 aromatic carbocycles. The van der Waals surface area contributed by atoms with Crippen LogP contribution in [0.5, 0.6) is 0 Å². The van der Waals surface area contributed by atoms with Crippen LogP contribution >= 0.6 is 0 Å². The van der Waals surface area contributed by atoms with Gasteiger partial charge >= 0.3 is 0 Å². The number of benzene rings is 1. The molecule has 2 N–H and O–H groups in total. The minimum atomic E-state index is -0.210. The van der Waals surface area contributed by atoms with E-state index in [0.717, 1.165) is 11.3 Å². The van der Waals surface area contributed by atoms with Crippen molar-refractivity contribution in [3.8, 4) is 0 Å². The van der Waals surface area contributed by atoms with Crippen molar-refractivity contribution in [3.63, 3.8) is 0 Å². The van der Waals surface area contributed by atoms with Crippen LogP contribution < -0.4 is 10.6 Å². The summed E-state index contributed by atoms with van der Waals surface area (Å²) in [7, 11) is 0. The molecular formula is C18H18N4O2. The molecule has 3 aromatic rings. The molecule has 2 heterocycles. The molecule has 0 aliphatic rings. The zero-order chi connectivity index (χ0) is 17.1. The lowest BCUT2D eigenvalue weighted by atomic mass is 10.2. The normalized spacial score (nSPS) is 10.6. The molecule has 122 valence electrons. The van der Waals surface area contributed by atoms with Crippen LogP contribution in [-0.4, -0.2) is 21.2 Å². The maximum atomic E-state index is 12.7. The summed E-state index contributed by atoms with van der Waals surface area (Å²) < 4.78 is 1.79. The number of imidazole rings is 1. The van der Waals surface area contributed by atoms with Crippen LogP contribution in [0.4, 0.5) is 11.4 Å². The van der Waals surface area contributed by atoms with Gasteiger partial charge in [0, 0.05) is 24.5 Å². The van der Waals surface area contributed by atoms with E-state index < -0.39 is 0 Å². The number of rotatable bonds is 4. The number of hydrogen-bond donors (Lipinski definition) is 2. The first-order valence-corrected chi connectivity index (χ1v) is 7.73. The molecule has 24 heavy (non-hydrogen) atoms. The quantitative estimate of drug-likeness (QED) is 0.775. The number of carbonyl (C=O) groups is 2. The molecule has 0 fully saturated rings. The fraction of sp³-hybridized carbons (Fsp3) is 0.167. The predicted molar refractivity (Wildman–Crippen MR) is 93.3 cm³/mol. The minimum absolute atomic E-state index is 0.134. The van der Waals surface area contributed by atoms with Crippen molar-refractivity contribution in [3.05, 3.63) is 60.0 Å². The molecule has 2 amide bonds. The lowest BCUT2D eigenvalue weighted by Crippen LogP contribution is -2.16. The Labute approximate surface area is 139 Å². The molecule has 0 spiro atoms. The van der Waals surface area contributed by atoms with Gasteiger partial charge in [0.05, 0.1) is 5.69 Å². The number of carbonyl (C=O) groups excluding carboxylic acids is 2. The Kier molecular flexibility index (Phi) is 4.29. The summed E-state index contributed by atoms with van der Waals surface area (Å²) in [5, 5.41) is 5.57. The monoisotopic (exact) mass is 322 g/mol. The number of nitrogens with one attached hydrogen (secondary N) is 2. The van der Waals surface area contributed by atoms with E-state index in [4.69, 9.17) is 0 Å². The van der Waals surface area contributed by atoms with Gasteiger partial charge in [-0.05, 0) is 42.8 Å². The zero-order valence-electron chi connectivity index (χ0n) is 13.5. The summed E-state index contributed by atoms with van der Waals surface area (Å²) in [5.74, 6) is -0.345. The molecule has 6 heteroatoms. The maximum Gasteiger partial charge on any atom is 0.274 e. The average Bonchev–Trinajstić information content (AvgIpc) is 2.95. The van der Waals surface area contributed by atoms with Gasteiger partial charge in [-0.25, -0.2) is 4.98 Å². The summed E-state index contributed by atoms with van der Waals surface area (Å²) in [6.07, 6.45) is 2.50. The van der Waals surface area contributed by atoms with Crippen molar-refractivity contribution < 1.29 is 9.59 Å². The highest BCUT2D eigenvalue weighted by Gasteiger charge is 2.18. The van der Waals surface area contributed by atoms with E-state index in [1.165, 1.54) is 6.92 Å². The Hall–Kier alpha value is -3.15. The summed E-state index contributed by atoms with van der Waals surface area (Å²) in [4.78, 5) is 28.2. The van der Waals surface area contributed by atoms with Gasteiger partial charge in [-0.1, -0.05) is 13.0 Å². The second kappa shape index (κ2) is 6.54. The second-order valence-corrected chi connectivity index (χ2v) is 5.40. The SMILES string of the molecule is CCc1nc2ccccn2c1C(=O)Nc1ccc(NC(C)=O)cc1. The van der Waals surface area contributed by atoms with Crippen LogP contribution in [0.15, 0.2) is 48.7 Å². The molecule has 0 saturated carbocycles. The number of pyridine rings is 1. The number of nitrogens with zero attached hydrogens (tertiary/aromatic N) is 2. The Bertz CT molecular complexity index is 897. The maximum absolute atomic E-state index is 12.7. The lowest BCUT2D eigenvalue weighted by molar-refractivity contribution is -0.114. The van der Waals surface area contributed by atoms with Crippen molar-refractivity contribution in [2.24, 2.45) is 0 Å². The number of amides is 2. The standard InChI is InChI=1S/C18H18N4O2/c1-3-15-17(22-11-5-4-6-16(22)21-15)18(24)20-14-9-7-13(8-10-14)19-12(2)23/h4-11H,3H2,1-2H3,(H,19,23)(H,20,24). The van der Waals surface area contributed by atoms with Gasteiger partial charge in [0.2, 0.25) is 5.91 Å². The summed E-state index contributed by atoms with van der Waals surface area (Å²) in [5.41, 5.74) is 3.39. The first-order chi connectivity index (χ1) is 11.6. The summed E-state index contributed by atoms with van der Waals surface area (Å²) in [6, 6.07) is 12.6. The predicted octanol–water partition coefficient (Wildman–Crippen LogP) is 3.11. The summed E-state index contributed by atoms with van der Waals surface area (Å²) >= 11 is 0. The van der Waals surface area contributed by atoms with Gasteiger partial charge in [0.1, 0.15) is 11.3 Å². The first kappa shape index (κ1) is 15.7. The van der Waals surface area contributed by atoms with E-state index in [2.05, 4.69) is 15.6 Å². The third-order valence-electron chi connectivity index (χ3n) is 3.62. The van der Waals surface area contributed by atoms with E-state index in [9.17, 15) is 9.59 Å². The van der Waals surface area contributed by atoms with Gasteiger partial charge in [-0.15, -0.1) is 0 Å². The highest BCUT2D eigenvalue weighted by Crippen LogP contribution is 2.18. The van der Waals surface area contributed by atoms with Gasteiger partial charge in [-0.2, -0.15) is 0 Å². The molecule has 6 nitrogen and oxygen atoms in total. The van der Waals surface area contributed by atoms with E-state index >= 15 is 0 Å². The van der Waals surface area contributed by atoms with Gasteiger partial charge < -0.3 is 10.6 Å². The number of aryl methyl sites for hydroxylation is 1. The molecule has 0 aliphatic heterocycles. The van der Waals surface area contributed by atoms with Crippen LogP contribution in [0.2, 0.25) is 0 Å². The largest absolute Gasteiger partial charge is 0.326 e. The van der Waals surface area contributed by atoms with Gasteiger partial charge in [0.15, 0.2) is 0 Å². The van der Waals surface area contributed by atoms with Crippen LogP contribution in [0.1, 0.15) is 30.0 Å². The Balaban J connectivity index is 1.86. The molecule has 0 bridgehead atoms. The molecular weight excluding hydrogens is 304 g/mol. The number of aromatic nitrogens is 2. The fourth-order valence-corrected chi connectivity index (χ4v) is 2.56. The Morgan fingerprint density at radius 3 is 2.33 bits per heavy atom. The highest BCUT2D eigenvalue weighted by atomic mass is 16.2. The fourth-order valence-electron chi connectivity index (χ4n) is 2.56. The van der Waals surface area contributed by atoms with E-state index in [-0.39, 0.29) is 11.8 Å². The molecule has 3 rings (SSSR count). The van der Waals surface area contributed by atoms with Gasteiger partial charge in [0.25, 0.3) is 5.91 Å². The molecule has 2 aromatic heterocycles. The van der Waals surface area contributed by atoms with Crippen LogP contribution in [0, 0.1) is 0 Å².